The van der Waals surface area contributed by atoms with Crippen molar-refractivity contribution >= 4 is 34.9 Å². The van der Waals surface area contributed by atoms with E-state index in [1.165, 1.54) is 6.20 Å². The second kappa shape index (κ2) is 10.4. The molecule has 0 saturated carbocycles. The Morgan fingerprint density at radius 2 is 1.81 bits per heavy atom. The van der Waals surface area contributed by atoms with Gasteiger partial charge < -0.3 is 25.0 Å². The van der Waals surface area contributed by atoms with Crippen LogP contribution in [0.2, 0.25) is 0 Å². The molecular formula is C26H25N7O3. The number of carbonyl (C=O) groups is 1. The number of morpholine rings is 1. The molecule has 5 rings (SSSR count). The number of rotatable bonds is 4. The number of amides is 1. The van der Waals surface area contributed by atoms with Crippen LogP contribution in [0.5, 0.6) is 0 Å². The molecule has 1 atom stereocenters. The number of benzene rings is 2. The Bertz CT molecular complexity index is 1320. The van der Waals surface area contributed by atoms with Gasteiger partial charge in [-0.1, -0.05) is 48.5 Å². The number of pyridine rings is 1. The Hall–Kier alpha value is -4.57. The van der Waals surface area contributed by atoms with E-state index in [1.54, 1.807) is 12.3 Å². The minimum Gasteiger partial charge on any atom is -0.407 e. The monoisotopic (exact) mass is 483 g/mol. The molecular weight excluding hydrogens is 458 g/mol. The molecule has 2 aromatic carbocycles. The van der Waals surface area contributed by atoms with Crippen LogP contribution in [-0.2, 0) is 14.3 Å². The van der Waals surface area contributed by atoms with E-state index in [2.05, 4.69) is 25.5 Å². The molecule has 1 saturated heterocycles. The van der Waals surface area contributed by atoms with Gasteiger partial charge >= 0.3 is 0 Å². The van der Waals surface area contributed by atoms with Crippen molar-refractivity contribution in [1.29, 1.82) is 10.8 Å². The van der Waals surface area contributed by atoms with E-state index in [0.717, 1.165) is 16.8 Å². The van der Waals surface area contributed by atoms with E-state index < -0.39 is 18.1 Å². The normalized spacial score (nSPS) is 17.2. The first-order valence-corrected chi connectivity index (χ1v) is 11.5. The SMILES string of the molecule is N=C(NC1N=C(c2ccccc2)c2ccccc2NC1=O)OC(=N)c1cnccc1N1CCOCC1. The standard InChI is InChI=1S/C26H25N7O3/c27-23(19-16-29-11-10-21(19)33-12-14-35-15-13-33)36-26(28)32-24-25(34)30-20-9-5-4-8-18(20)22(31-24)17-6-2-1-3-7-17/h1-11,16,24,27H,12-15H2,(H2,28,32)(H,30,34). The maximum Gasteiger partial charge on any atom is 0.290 e. The first-order valence-electron chi connectivity index (χ1n) is 11.5. The van der Waals surface area contributed by atoms with Crippen LogP contribution in [0.15, 0.2) is 78.0 Å². The van der Waals surface area contributed by atoms with Crippen LogP contribution < -0.4 is 15.5 Å². The van der Waals surface area contributed by atoms with Crippen LogP contribution in [-0.4, -0.2) is 61.0 Å². The summed E-state index contributed by atoms with van der Waals surface area (Å²) >= 11 is 0. The van der Waals surface area contributed by atoms with Crippen LogP contribution in [0.4, 0.5) is 11.4 Å². The molecule has 1 fully saturated rings. The van der Waals surface area contributed by atoms with Gasteiger partial charge in [0.2, 0.25) is 12.1 Å². The molecule has 10 nitrogen and oxygen atoms in total. The number of benzodiazepines with no additional fused rings is 1. The van der Waals surface area contributed by atoms with Gasteiger partial charge in [0.25, 0.3) is 11.9 Å². The fourth-order valence-corrected chi connectivity index (χ4v) is 4.13. The number of para-hydroxylation sites is 1. The molecule has 3 heterocycles. The summed E-state index contributed by atoms with van der Waals surface area (Å²) in [6.07, 6.45) is 2.04. The zero-order valence-corrected chi connectivity index (χ0v) is 19.4. The molecule has 3 aromatic rings. The van der Waals surface area contributed by atoms with Gasteiger partial charge in [0.1, 0.15) is 0 Å². The van der Waals surface area contributed by atoms with Gasteiger partial charge in [-0.3, -0.25) is 20.6 Å². The van der Waals surface area contributed by atoms with Gasteiger partial charge in [-0.15, -0.1) is 0 Å². The van der Waals surface area contributed by atoms with Crippen LogP contribution in [0, 0.1) is 10.8 Å². The van der Waals surface area contributed by atoms with Gasteiger partial charge in [-0.2, -0.15) is 0 Å². The molecule has 10 heteroatoms. The van der Waals surface area contributed by atoms with Crippen molar-refractivity contribution < 1.29 is 14.3 Å². The highest BCUT2D eigenvalue weighted by molar-refractivity contribution is 6.19. The molecule has 182 valence electrons. The second-order valence-corrected chi connectivity index (χ2v) is 8.18. The molecule has 1 unspecified atom stereocenters. The fourth-order valence-electron chi connectivity index (χ4n) is 4.13. The summed E-state index contributed by atoms with van der Waals surface area (Å²) in [7, 11) is 0. The largest absolute Gasteiger partial charge is 0.407 e. The number of hydrogen-bond acceptors (Lipinski definition) is 8. The Labute approximate surface area is 208 Å². The van der Waals surface area contributed by atoms with Gasteiger partial charge in [0.15, 0.2) is 0 Å². The fraction of sp³-hybridized carbons (Fsp3) is 0.192. The third kappa shape index (κ3) is 4.93. The van der Waals surface area contributed by atoms with Crippen LogP contribution in [0.25, 0.3) is 0 Å². The van der Waals surface area contributed by atoms with Crippen molar-refractivity contribution in [1.82, 2.24) is 10.3 Å². The number of carbonyl (C=O) groups excluding carboxylic acids is 1. The molecule has 2 aliphatic heterocycles. The minimum absolute atomic E-state index is 0.258. The number of nitrogens with zero attached hydrogens (tertiary/aromatic N) is 3. The van der Waals surface area contributed by atoms with Gasteiger partial charge in [-0.25, -0.2) is 4.99 Å². The molecule has 36 heavy (non-hydrogen) atoms. The lowest BCUT2D eigenvalue weighted by Crippen LogP contribution is -2.43. The van der Waals surface area contributed by atoms with Gasteiger partial charge in [0.05, 0.1) is 35.9 Å². The zero-order valence-electron chi connectivity index (χ0n) is 19.4. The summed E-state index contributed by atoms with van der Waals surface area (Å²) < 4.78 is 10.9. The van der Waals surface area contributed by atoms with Crippen LogP contribution in [0.1, 0.15) is 16.7 Å². The molecule has 0 bridgehead atoms. The van der Waals surface area contributed by atoms with E-state index in [-0.39, 0.29) is 5.90 Å². The molecule has 0 spiro atoms. The lowest BCUT2D eigenvalue weighted by molar-refractivity contribution is -0.117. The molecule has 1 amide bonds. The van der Waals surface area contributed by atoms with E-state index in [1.807, 2.05) is 54.6 Å². The molecule has 0 radical (unpaired) electrons. The number of aliphatic imine (C=N–C) groups is 1. The highest BCUT2D eigenvalue weighted by atomic mass is 16.5. The van der Waals surface area contributed by atoms with Gasteiger partial charge in [-0.05, 0) is 12.1 Å². The average molecular weight is 484 g/mol. The second-order valence-electron chi connectivity index (χ2n) is 8.18. The summed E-state index contributed by atoms with van der Waals surface area (Å²) in [5, 5.41) is 22.4. The Kier molecular flexibility index (Phi) is 6.67. The van der Waals surface area contributed by atoms with Crippen molar-refractivity contribution in [3.8, 4) is 0 Å². The maximum atomic E-state index is 13.0. The molecule has 0 aliphatic carbocycles. The predicted molar refractivity (Wildman–Crippen MR) is 137 cm³/mol. The zero-order chi connectivity index (χ0) is 24.9. The summed E-state index contributed by atoms with van der Waals surface area (Å²) in [4.78, 5) is 23.8. The number of anilines is 2. The quantitative estimate of drug-likeness (QED) is 0.333. The van der Waals surface area contributed by atoms with Crippen molar-refractivity contribution in [2.75, 3.05) is 36.5 Å². The topological polar surface area (TPSA) is 136 Å². The van der Waals surface area contributed by atoms with E-state index in [9.17, 15) is 4.79 Å². The number of amidine groups is 1. The molecule has 4 N–H and O–H groups in total. The van der Waals surface area contributed by atoms with E-state index >= 15 is 0 Å². The van der Waals surface area contributed by atoms with Crippen molar-refractivity contribution in [3.05, 3.63) is 89.7 Å². The summed E-state index contributed by atoms with van der Waals surface area (Å²) in [5.74, 6) is -0.699. The summed E-state index contributed by atoms with van der Waals surface area (Å²) in [5.41, 5.74) is 4.05. The first kappa shape index (κ1) is 23.2. The van der Waals surface area contributed by atoms with Crippen LogP contribution >= 0.6 is 0 Å². The lowest BCUT2D eigenvalue weighted by atomic mass is 10.0. The number of fused-ring (bicyclic) bond motifs is 1. The highest BCUT2D eigenvalue weighted by Crippen LogP contribution is 2.24. The maximum absolute atomic E-state index is 13.0. The minimum atomic E-state index is -1.14. The lowest BCUT2D eigenvalue weighted by Gasteiger charge is -2.30. The van der Waals surface area contributed by atoms with Gasteiger partial charge in [0, 0.05) is 36.6 Å². The Morgan fingerprint density at radius 1 is 1.06 bits per heavy atom. The number of hydrogen-bond donors (Lipinski definition) is 4. The Morgan fingerprint density at radius 3 is 2.61 bits per heavy atom. The third-order valence-electron chi connectivity index (χ3n) is 5.86. The summed E-state index contributed by atoms with van der Waals surface area (Å²) in [6, 6.07) is 18.3. The number of aromatic nitrogens is 1. The van der Waals surface area contributed by atoms with E-state index in [0.29, 0.717) is 43.3 Å². The van der Waals surface area contributed by atoms with E-state index in [4.69, 9.17) is 20.3 Å². The summed E-state index contributed by atoms with van der Waals surface area (Å²) in [6.45, 7) is 2.54. The number of nitrogens with one attached hydrogen (secondary N) is 4. The molecule has 2 aliphatic rings. The van der Waals surface area contributed by atoms with Crippen molar-refractivity contribution in [3.63, 3.8) is 0 Å². The third-order valence-corrected chi connectivity index (χ3v) is 5.86. The predicted octanol–water partition coefficient (Wildman–Crippen LogP) is 2.60. The van der Waals surface area contributed by atoms with Crippen molar-refractivity contribution in [2.45, 2.75) is 6.17 Å². The average Bonchev–Trinajstić information content (AvgIpc) is 3.05. The smallest absolute Gasteiger partial charge is 0.290 e. The van der Waals surface area contributed by atoms with Crippen molar-refractivity contribution in [2.24, 2.45) is 4.99 Å². The first-order chi connectivity index (χ1) is 17.6. The Balaban J connectivity index is 1.36. The van der Waals surface area contributed by atoms with Crippen LogP contribution in [0.3, 0.4) is 0 Å². The molecule has 1 aromatic heterocycles. The highest BCUT2D eigenvalue weighted by Gasteiger charge is 2.27. The number of ether oxygens (including phenoxy) is 2.